The molecule has 1 aromatic heterocycles. The topological polar surface area (TPSA) is 66.9 Å². The first-order valence-electron chi connectivity index (χ1n) is 7.09. The first-order valence-corrected chi connectivity index (χ1v) is 8.58. The Morgan fingerprint density at radius 3 is 2.25 bits per heavy atom. The number of hydrogen-bond acceptors (Lipinski definition) is 5. The van der Waals surface area contributed by atoms with Crippen LogP contribution in [0.15, 0.2) is 6.07 Å². The summed E-state index contributed by atoms with van der Waals surface area (Å²) in [7, 11) is -0.753. The molecular formula is C14H26N4OS. The van der Waals surface area contributed by atoms with Gasteiger partial charge in [-0.1, -0.05) is 27.7 Å². The molecule has 0 radical (unpaired) electrons. The van der Waals surface area contributed by atoms with Crippen LogP contribution in [0.5, 0.6) is 0 Å². The molecule has 0 saturated carbocycles. The average molecular weight is 298 g/mol. The van der Waals surface area contributed by atoms with Crippen LogP contribution in [0.2, 0.25) is 0 Å². The van der Waals surface area contributed by atoms with E-state index in [0.717, 1.165) is 24.0 Å². The van der Waals surface area contributed by atoms with Crippen molar-refractivity contribution in [3.05, 3.63) is 11.9 Å². The van der Waals surface area contributed by atoms with Gasteiger partial charge in [0.25, 0.3) is 0 Å². The lowest BCUT2D eigenvalue weighted by atomic mass is 9.96. The Balaban J connectivity index is 2.83. The number of rotatable bonds is 7. The summed E-state index contributed by atoms with van der Waals surface area (Å²) < 4.78 is 11.4. The van der Waals surface area contributed by atoms with Crippen molar-refractivity contribution in [2.75, 3.05) is 35.2 Å². The van der Waals surface area contributed by atoms with E-state index in [1.165, 1.54) is 0 Å². The summed E-state index contributed by atoms with van der Waals surface area (Å²) in [6, 6.07) is 1.90. The van der Waals surface area contributed by atoms with E-state index in [-0.39, 0.29) is 5.41 Å². The van der Waals surface area contributed by atoms with Gasteiger partial charge >= 0.3 is 0 Å². The van der Waals surface area contributed by atoms with Crippen molar-refractivity contribution < 1.29 is 4.21 Å². The molecule has 0 aliphatic heterocycles. The lowest BCUT2D eigenvalue weighted by Crippen LogP contribution is -2.20. The summed E-state index contributed by atoms with van der Waals surface area (Å²) in [4.78, 5) is 9.08. The van der Waals surface area contributed by atoms with E-state index in [1.54, 1.807) is 0 Å². The van der Waals surface area contributed by atoms with Crippen molar-refractivity contribution in [2.45, 2.75) is 40.0 Å². The summed E-state index contributed by atoms with van der Waals surface area (Å²) in [5.74, 6) is 3.75. The molecule has 0 amide bonds. The van der Waals surface area contributed by atoms with E-state index in [4.69, 9.17) is 0 Å². The van der Waals surface area contributed by atoms with Crippen LogP contribution < -0.4 is 10.6 Å². The summed E-state index contributed by atoms with van der Waals surface area (Å²) in [5, 5.41) is 6.46. The zero-order valence-electron chi connectivity index (χ0n) is 13.1. The molecule has 1 atom stereocenters. The lowest BCUT2D eigenvalue weighted by Gasteiger charge is -2.19. The van der Waals surface area contributed by atoms with Crippen LogP contribution in [-0.4, -0.2) is 38.8 Å². The molecule has 1 unspecified atom stereocenters. The van der Waals surface area contributed by atoms with Gasteiger partial charge in [-0.3, -0.25) is 4.21 Å². The Morgan fingerprint density at radius 2 is 1.75 bits per heavy atom. The van der Waals surface area contributed by atoms with Gasteiger partial charge in [0.15, 0.2) is 0 Å². The molecule has 0 bridgehead atoms. The molecule has 114 valence electrons. The molecular weight excluding hydrogens is 272 g/mol. The summed E-state index contributed by atoms with van der Waals surface area (Å²) in [5.41, 5.74) is -0.103. The van der Waals surface area contributed by atoms with E-state index >= 15 is 0 Å². The Labute approximate surface area is 124 Å². The number of anilines is 2. The highest BCUT2D eigenvalue weighted by Gasteiger charge is 2.19. The highest BCUT2D eigenvalue weighted by molar-refractivity contribution is 7.84. The largest absolute Gasteiger partial charge is 0.370 e. The zero-order valence-corrected chi connectivity index (χ0v) is 13.9. The average Bonchev–Trinajstić information content (AvgIpc) is 2.37. The summed E-state index contributed by atoms with van der Waals surface area (Å²) in [6.07, 6.45) is 0. The van der Waals surface area contributed by atoms with Gasteiger partial charge in [-0.05, 0) is 6.92 Å². The van der Waals surface area contributed by atoms with Crippen LogP contribution in [0.3, 0.4) is 0 Å². The van der Waals surface area contributed by atoms with Gasteiger partial charge in [-0.25, -0.2) is 9.97 Å². The molecule has 2 N–H and O–H groups in total. The first-order chi connectivity index (χ1) is 9.36. The minimum Gasteiger partial charge on any atom is -0.370 e. The highest BCUT2D eigenvalue weighted by Crippen LogP contribution is 2.22. The fourth-order valence-electron chi connectivity index (χ4n) is 1.58. The van der Waals surface area contributed by atoms with Crippen molar-refractivity contribution >= 4 is 22.4 Å². The molecule has 20 heavy (non-hydrogen) atoms. The van der Waals surface area contributed by atoms with E-state index < -0.39 is 10.8 Å². The summed E-state index contributed by atoms with van der Waals surface area (Å²) >= 11 is 0. The minimum absolute atomic E-state index is 0.103. The normalized spacial score (nSPS) is 13.1. The smallest absolute Gasteiger partial charge is 0.138 e. The third kappa shape index (κ3) is 5.45. The number of nitrogens with one attached hydrogen (secondary N) is 2. The van der Waals surface area contributed by atoms with E-state index in [0.29, 0.717) is 18.1 Å². The maximum atomic E-state index is 11.4. The Kier molecular flexibility index (Phi) is 6.39. The minimum atomic E-state index is -0.753. The standard InChI is InChI=1S/C14H26N4OS/c1-6-15-11-10-12(16-8-9-20(19)7-2)18-13(17-11)14(3,4)5/h10H,6-9H2,1-5H3,(H2,15,16,17,18). The van der Waals surface area contributed by atoms with Gasteiger partial charge in [-0.2, -0.15) is 0 Å². The van der Waals surface area contributed by atoms with Crippen LogP contribution in [0.25, 0.3) is 0 Å². The maximum absolute atomic E-state index is 11.4. The van der Waals surface area contributed by atoms with Crippen LogP contribution in [0.4, 0.5) is 11.6 Å². The predicted molar refractivity (Wildman–Crippen MR) is 86.9 cm³/mol. The van der Waals surface area contributed by atoms with E-state index in [9.17, 15) is 4.21 Å². The first kappa shape index (κ1) is 16.9. The molecule has 0 aliphatic rings. The predicted octanol–water partition coefficient (Wildman–Crippen LogP) is 2.39. The summed E-state index contributed by atoms with van der Waals surface area (Å²) in [6.45, 7) is 11.7. The van der Waals surface area contributed by atoms with Gasteiger partial charge < -0.3 is 10.6 Å². The maximum Gasteiger partial charge on any atom is 0.138 e. The van der Waals surface area contributed by atoms with Crippen LogP contribution >= 0.6 is 0 Å². The molecule has 0 aromatic carbocycles. The van der Waals surface area contributed by atoms with E-state index in [2.05, 4.69) is 41.4 Å². The van der Waals surface area contributed by atoms with Gasteiger partial charge in [0.1, 0.15) is 17.5 Å². The van der Waals surface area contributed by atoms with Gasteiger partial charge in [0.05, 0.1) is 0 Å². The molecule has 1 heterocycles. The van der Waals surface area contributed by atoms with Crippen molar-refractivity contribution in [3.8, 4) is 0 Å². The van der Waals surface area contributed by atoms with Crippen LogP contribution in [0.1, 0.15) is 40.4 Å². The monoisotopic (exact) mass is 298 g/mol. The molecule has 6 heteroatoms. The Morgan fingerprint density at radius 1 is 1.15 bits per heavy atom. The second-order valence-corrected chi connectivity index (χ2v) is 7.47. The van der Waals surface area contributed by atoms with Crippen LogP contribution in [-0.2, 0) is 16.2 Å². The van der Waals surface area contributed by atoms with Crippen molar-refractivity contribution in [3.63, 3.8) is 0 Å². The molecule has 5 nitrogen and oxygen atoms in total. The highest BCUT2D eigenvalue weighted by atomic mass is 32.2. The Bertz CT molecular complexity index is 457. The number of nitrogens with zero attached hydrogens (tertiary/aromatic N) is 2. The van der Waals surface area contributed by atoms with Gasteiger partial charge in [0, 0.05) is 46.9 Å². The fourth-order valence-corrected chi connectivity index (χ4v) is 2.20. The van der Waals surface area contributed by atoms with Crippen LogP contribution in [0, 0.1) is 0 Å². The molecule has 0 saturated heterocycles. The Hall–Kier alpha value is -1.17. The number of aromatic nitrogens is 2. The lowest BCUT2D eigenvalue weighted by molar-refractivity contribution is 0.546. The fraction of sp³-hybridized carbons (Fsp3) is 0.714. The van der Waals surface area contributed by atoms with Gasteiger partial charge in [0.2, 0.25) is 0 Å². The van der Waals surface area contributed by atoms with Crippen molar-refractivity contribution in [1.82, 2.24) is 9.97 Å². The third-order valence-corrected chi connectivity index (χ3v) is 4.02. The van der Waals surface area contributed by atoms with Gasteiger partial charge in [-0.15, -0.1) is 0 Å². The molecule has 1 aromatic rings. The second-order valence-electron chi connectivity index (χ2n) is 5.60. The van der Waals surface area contributed by atoms with Crippen molar-refractivity contribution in [2.24, 2.45) is 0 Å². The number of hydrogen-bond donors (Lipinski definition) is 2. The third-order valence-electron chi connectivity index (χ3n) is 2.71. The molecule has 0 fully saturated rings. The van der Waals surface area contributed by atoms with Crippen molar-refractivity contribution in [1.29, 1.82) is 0 Å². The second kappa shape index (κ2) is 7.57. The SMILES string of the molecule is CCNc1cc(NCCS(=O)CC)nc(C(C)(C)C)n1. The quantitative estimate of drug-likeness (QED) is 0.809. The molecule has 0 aliphatic carbocycles. The zero-order chi connectivity index (χ0) is 15.2. The van der Waals surface area contributed by atoms with E-state index in [1.807, 2.05) is 19.9 Å². The molecule has 0 spiro atoms. The molecule has 1 rings (SSSR count).